The molecule has 0 radical (unpaired) electrons. The molecule has 13 heavy (non-hydrogen) atoms. The van der Waals surface area contributed by atoms with Crippen LogP contribution in [0.2, 0.25) is 0 Å². The average molecular weight is 199 g/mol. The molecule has 1 aromatic rings. The van der Waals surface area contributed by atoms with Crippen molar-refractivity contribution in [3.05, 3.63) is 16.6 Å². The third-order valence-corrected chi connectivity index (χ3v) is 3.01. The van der Waals surface area contributed by atoms with E-state index in [1.165, 1.54) is 5.01 Å². The second-order valence-corrected chi connectivity index (χ2v) is 4.24. The first-order valence-corrected chi connectivity index (χ1v) is 5.44. The summed E-state index contributed by atoms with van der Waals surface area (Å²) in [5.74, 6) is 0.481. The Morgan fingerprint density at radius 3 is 2.92 bits per heavy atom. The van der Waals surface area contributed by atoms with Gasteiger partial charge in [0, 0.05) is 36.6 Å². The van der Waals surface area contributed by atoms with Crippen LogP contribution in [0.3, 0.4) is 0 Å². The fraction of sp³-hybridized carbons (Fsp3) is 0.667. The lowest BCUT2D eigenvalue weighted by molar-refractivity contribution is 0.524. The van der Waals surface area contributed by atoms with E-state index in [9.17, 15) is 0 Å². The van der Waals surface area contributed by atoms with E-state index in [4.69, 9.17) is 5.73 Å². The van der Waals surface area contributed by atoms with Gasteiger partial charge in [-0.1, -0.05) is 6.92 Å². The quantitative estimate of drug-likeness (QED) is 0.749. The first-order chi connectivity index (χ1) is 6.24. The van der Waals surface area contributed by atoms with Crippen LogP contribution in [0.4, 0.5) is 0 Å². The zero-order valence-corrected chi connectivity index (χ0v) is 8.97. The molecule has 0 aromatic carbocycles. The van der Waals surface area contributed by atoms with Crippen LogP contribution in [0.5, 0.6) is 0 Å². The van der Waals surface area contributed by atoms with Crippen molar-refractivity contribution < 1.29 is 0 Å². The van der Waals surface area contributed by atoms with Crippen LogP contribution >= 0.6 is 11.3 Å². The molecule has 0 spiro atoms. The predicted octanol–water partition coefficient (Wildman–Crippen LogP) is 1.18. The van der Waals surface area contributed by atoms with Crippen LogP contribution < -0.4 is 11.1 Å². The second kappa shape index (κ2) is 5.32. The van der Waals surface area contributed by atoms with E-state index in [1.807, 2.05) is 11.6 Å². The smallest absolute Gasteiger partial charge is 0.0965 e. The van der Waals surface area contributed by atoms with Crippen LogP contribution in [-0.2, 0) is 0 Å². The molecule has 0 saturated heterocycles. The maximum atomic E-state index is 5.50. The van der Waals surface area contributed by atoms with E-state index >= 15 is 0 Å². The SMILES string of the molecule is CC(CN)NCC(C)c1nccs1. The van der Waals surface area contributed by atoms with Crippen LogP contribution in [0.1, 0.15) is 24.8 Å². The summed E-state index contributed by atoms with van der Waals surface area (Å²) in [5.41, 5.74) is 5.50. The largest absolute Gasteiger partial charge is 0.329 e. The van der Waals surface area contributed by atoms with Crippen molar-refractivity contribution in [3.63, 3.8) is 0 Å². The van der Waals surface area contributed by atoms with E-state index in [1.54, 1.807) is 11.3 Å². The third-order valence-electron chi connectivity index (χ3n) is 2.00. The second-order valence-electron chi connectivity index (χ2n) is 3.32. The van der Waals surface area contributed by atoms with Gasteiger partial charge in [0.1, 0.15) is 0 Å². The molecule has 1 heterocycles. The molecule has 0 aliphatic heterocycles. The Morgan fingerprint density at radius 2 is 2.38 bits per heavy atom. The molecule has 0 amide bonds. The molecular formula is C9H17N3S. The van der Waals surface area contributed by atoms with Crippen LogP contribution in [-0.4, -0.2) is 24.1 Å². The molecule has 0 bridgehead atoms. The van der Waals surface area contributed by atoms with Gasteiger partial charge in [-0.2, -0.15) is 0 Å². The van der Waals surface area contributed by atoms with Crippen molar-refractivity contribution >= 4 is 11.3 Å². The fourth-order valence-corrected chi connectivity index (χ4v) is 1.72. The van der Waals surface area contributed by atoms with Gasteiger partial charge in [-0.3, -0.25) is 0 Å². The van der Waals surface area contributed by atoms with Crippen LogP contribution in [0.15, 0.2) is 11.6 Å². The molecule has 74 valence electrons. The molecule has 4 heteroatoms. The van der Waals surface area contributed by atoms with Crippen molar-refractivity contribution in [2.24, 2.45) is 5.73 Å². The van der Waals surface area contributed by atoms with Gasteiger partial charge >= 0.3 is 0 Å². The van der Waals surface area contributed by atoms with Gasteiger partial charge in [0.2, 0.25) is 0 Å². The molecule has 0 aliphatic carbocycles. The fourth-order valence-electron chi connectivity index (χ4n) is 1.03. The molecule has 3 nitrogen and oxygen atoms in total. The summed E-state index contributed by atoms with van der Waals surface area (Å²) >= 11 is 1.71. The maximum absolute atomic E-state index is 5.50. The number of nitrogens with zero attached hydrogens (tertiary/aromatic N) is 1. The number of nitrogens with one attached hydrogen (secondary N) is 1. The van der Waals surface area contributed by atoms with Gasteiger partial charge in [0.15, 0.2) is 0 Å². The van der Waals surface area contributed by atoms with Gasteiger partial charge in [-0.15, -0.1) is 11.3 Å². The lowest BCUT2D eigenvalue weighted by atomic mass is 10.2. The Labute approximate surface area is 83.4 Å². The van der Waals surface area contributed by atoms with E-state index in [0.29, 0.717) is 18.5 Å². The Morgan fingerprint density at radius 1 is 1.62 bits per heavy atom. The van der Waals surface area contributed by atoms with Crippen LogP contribution in [0.25, 0.3) is 0 Å². The van der Waals surface area contributed by atoms with E-state index in [2.05, 4.69) is 24.1 Å². The Balaban J connectivity index is 2.30. The molecular weight excluding hydrogens is 182 g/mol. The normalized spacial score (nSPS) is 15.6. The predicted molar refractivity (Wildman–Crippen MR) is 57.0 cm³/mol. The number of hydrogen-bond donors (Lipinski definition) is 2. The highest BCUT2D eigenvalue weighted by molar-refractivity contribution is 7.09. The molecule has 2 unspecified atom stereocenters. The summed E-state index contributed by atoms with van der Waals surface area (Å²) < 4.78 is 0. The summed E-state index contributed by atoms with van der Waals surface area (Å²) in [5, 5.41) is 6.57. The van der Waals surface area contributed by atoms with E-state index < -0.39 is 0 Å². The van der Waals surface area contributed by atoms with Gasteiger partial charge < -0.3 is 11.1 Å². The van der Waals surface area contributed by atoms with Gasteiger partial charge in [0.05, 0.1) is 5.01 Å². The van der Waals surface area contributed by atoms with Crippen molar-refractivity contribution in [2.75, 3.05) is 13.1 Å². The molecule has 2 atom stereocenters. The third kappa shape index (κ3) is 3.42. The number of aromatic nitrogens is 1. The lowest BCUT2D eigenvalue weighted by Crippen LogP contribution is -2.35. The minimum Gasteiger partial charge on any atom is -0.329 e. The highest BCUT2D eigenvalue weighted by atomic mass is 32.1. The molecule has 0 fully saturated rings. The summed E-state index contributed by atoms with van der Waals surface area (Å²) in [6.45, 7) is 5.90. The average Bonchev–Trinajstić information content (AvgIpc) is 2.66. The van der Waals surface area contributed by atoms with Gasteiger partial charge in [0.25, 0.3) is 0 Å². The topological polar surface area (TPSA) is 50.9 Å². The molecule has 0 saturated carbocycles. The monoisotopic (exact) mass is 199 g/mol. The zero-order chi connectivity index (χ0) is 9.68. The first-order valence-electron chi connectivity index (χ1n) is 4.57. The van der Waals surface area contributed by atoms with Crippen LogP contribution in [0, 0.1) is 0 Å². The summed E-state index contributed by atoms with van der Waals surface area (Å²) in [4.78, 5) is 4.27. The number of rotatable bonds is 5. The van der Waals surface area contributed by atoms with Gasteiger partial charge in [-0.05, 0) is 6.92 Å². The molecule has 3 N–H and O–H groups in total. The lowest BCUT2D eigenvalue weighted by Gasteiger charge is -2.14. The maximum Gasteiger partial charge on any atom is 0.0965 e. The standard InChI is InChI=1S/C9H17N3S/c1-7(6-12-8(2)5-10)9-11-3-4-13-9/h3-4,7-8,12H,5-6,10H2,1-2H3. The van der Waals surface area contributed by atoms with Crippen molar-refractivity contribution in [1.29, 1.82) is 0 Å². The molecule has 0 aliphatic rings. The summed E-state index contributed by atoms with van der Waals surface area (Å²) in [7, 11) is 0. The van der Waals surface area contributed by atoms with Crippen molar-refractivity contribution in [1.82, 2.24) is 10.3 Å². The number of nitrogens with two attached hydrogens (primary N) is 1. The van der Waals surface area contributed by atoms with E-state index in [-0.39, 0.29) is 0 Å². The zero-order valence-electron chi connectivity index (χ0n) is 8.16. The van der Waals surface area contributed by atoms with E-state index in [0.717, 1.165) is 6.54 Å². The first kappa shape index (κ1) is 10.6. The molecule has 1 rings (SSSR count). The van der Waals surface area contributed by atoms with Gasteiger partial charge in [-0.25, -0.2) is 4.98 Å². The summed E-state index contributed by atoms with van der Waals surface area (Å²) in [6.07, 6.45) is 1.85. The Bertz CT molecular complexity index is 223. The van der Waals surface area contributed by atoms with Crippen molar-refractivity contribution in [3.8, 4) is 0 Å². The van der Waals surface area contributed by atoms with Crippen molar-refractivity contribution in [2.45, 2.75) is 25.8 Å². The Kier molecular flexibility index (Phi) is 4.35. The number of thiazole rings is 1. The molecule has 1 aromatic heterocycles. The number of hydrogen-bond acceptors (Lipinski definition) is 4. The highest BCUT2D eigenvalue weighted by Crippen LogP contribution is 2.16. The minimum atomic E-state index is 0.391. The Hall–Kier alpha value is -0.450. The summed E-state index contributed by atoms with van der Waals surface area (Å²) in [6, 6.07) is 0.391. The highest BCUT2D eigenvalue weighted by Gasteiger charge is 2.08. The minimum absolute atomic E-state index is 0.391.